The van der Waals surface area contributed by atoms with Crippen LogP contribution in [0.1, 0.15) is 5.56 Å². The first-order valence-corrected chi connectivity index (χ1v) is 9.59. The van der Waals surface area contributed by atoms with Crippen molar-refractivity contribution in [3.8, 4) is 5.75 Å². The minimum absolute atomic E-state index is 0.0742. The molecule has 0 bridgehead atoms. The second-order valence-electron chi connectivity index (χ2n) is 6.58. The molecule has 3 rings (SSSR count). The quantitative estimate of drug-likeness (QED) is 0.522. The number of benzene rings is 2. The van der Waals surface area contributed by atoms with Gasteiger partial charge in [-0.2, -0.15) is 13.2 Å². The summed E-state index contributed by atoms with van der Waals surface area (Å²) < 4.78 is 44.7. The normalized spacial score (nSPS) is 17.3. The highest BCUT2D eigenvalue weighted by atomic mass is 35.5. The van der Waals surface area contributed by atoms with Crippen LogP contribution in [0.25, 0.3) is 0 Å². The fourth-order valence-electron chi connectivity index (χ4n) is 2.81. The summed E-state index contributed by atoms with van der Waals surface area (Å²) in [6, 6.07) is 8.38. The van der Waals surface area contributed by atoms with E-state index < -0.39 is 34.4 Å². The predicted molar refractivity (Wildman–Crippen MR) is 114 cm³/mol. The van der Waals surface area contributed by atoms with Crippen molar-refractivity contribution in [1.29, 1.82) is 0 Å². The second kappa shape index (κ2) is 9.23. The molecular weight excluding hydrogens is 449 g/mol. The van der Waals surface area contributed by atoms with Gasteiger partial charge in [0.25, 0.3) is 11.6 Å². The Morgan fingerprint density at radius 1 is 1.03 bits per heavy atom. The van der Waals surface area contributed by atoms with Crippen molar-refractivity contribution in [2.75, 3.05) is 17.7 Å². The molecule has 0 aliphatic carbocycles. The minimum Gasteiger partial charge on any atom is -0.455 e. The molecule has 0 saturated heterocycles. The molecule has 2 aromatic rings. The smallest absolute Gasteiger partial charge is 0.417 e. The maximum absolute atomic E-state index is 13.0. The Labute approximate surface area is 186 Å². The van der Waals surface area contributed by atoms with Gasteiger partial charge in [-0.1, -0.05) is 17.7 Å². The van der Waals surface area contributed by atoms with E-state index in [9.17, 15) is 22.8 Å². The van der Waals surface area contributed by atoms with Crippen LogP contribution in [-0.2, 0) is 11.0 Å². The number of hydrogen-bond acceptors (Lipinski definition) is 4. The highest BCUT2D eigenvalue weighted by Gasteiger charge is 2.38. The Morgan fingerprint density at radius 3 is 2.28 bits per heavy atom. The van der Waals surface area contributed by atoms with Gasteiger partial charge in [0.1, 0.15) is 5.75 Å². The number of alkyl halides is 3. The number of hydrogen-bond donors (Lipinski definition) is 4. The third kappa shape index (κ3) is 5.33. The lowest BCUT2D eigenvalue weighted by molar-refractivity contribution is -0.137. The van der Waals surface area contributed by atoms with Crippen LogP contribution in [-0.4, -0.2) is 24.7 Å². The number of rotatable bonds is 5. The number of dihydropyridines is 1. The third-order valence-corrected chi connectivity index (χ3v) is 4.65. The number of allylic oxidation sites excluding steroid dienone is 2. The third-order valence-electron chi connectivity index (χ3n) is 4.32. The average Bonchev–Trinajstić information content (AvgIpc) is 2.75. The van der Waals surface area contributed by atoms with E-state index in [4.69, 9.17) is 16.3 Å². The molecule has 1 heterocycles. The van der Waals surface area contributed by atoms with Crippen molar-refractivity contribution < 1.29 is 27.5 Å². The van der Waals surface area contributed by atoms with E-state index in [1.165, 1.54) is 37.4 Å². The number of likely N-dealkylation sites (N-methyl/N-ethyl adjacent to an activating group) is 1. The van der Waals surface area contributed by atoms with Crippen molar-refractivity contribution in [3.05, 3.63) is 77.5 Å². The fourth-order valence-corrected chi connectivity index (χ4v) is 3.03. The molecule has 0 radical (unpaired) electrons. The summed E-state index contributed by atoms with van der Waals surface area (Å²) in [5.41, 5.74) is -2.21. The molecule has 0 saturated carbocycles. The molecule has 168 valence electrons. The second-order valence-corrected chi connectivity index (χ2v) is 6.98. The van der Waals surface area contributed by atoms with Crippen LogP contribution >= 0.6 is 11.6 Å². The van der Waals surface area contributed by atoms with Gasteiger partial charge in [0.05, 0.1) is 10.6 Å². The van der Waals surface area contributed by atoms with Gasteiger partial charge in [0, 0.05) is 24.6 Å². The molecule has 3 amide bonds. The molecule has 0 aromatic heterocycles. The number of amides is 3. The van der Waals surface area contributed by atoms with Crippen molar-refractivity contribution >= 4 is 34.9 Å². The van der Waals surface area contributed by atoms with Gasteiger partial charge < -0.3 is 26.0 Å². The van der Waals surface area contributed by atoms with Crippen LogP contribution in [0.5, 0.6) is 5.75 Å². The summed E-state index contributed by atoms with van der Waals surface area (Å²) in [6.45, 7) is 0. The number of nitrogens with one attached hydrogen (secondary N) is 4. The average molecular weight is 467 g/mol. The number of urea groups is 1. The molecule has 0 spiro atoms. The zero-order valence-corrected chi connectivity index (χ0v) is 17.3. The summed E-state index contributed by atoms with van der Waals surface area (Å²) in [7, 11) is 1.48. The first-order chi connectivity index (χ1) is 15.1. The summed E-state index contributed by atoms with van der Waals surface area (Å²) in [4.78, 5) is 24.4. The molecular formula is C21H18ClF3N4O3. The predicted octanol–water partition coefficient (Wildman–Crippen LogP) is 4.50. The van der Waals surface area contributed by atoms with Crippen LogP contribution in [0.4, 0.5) is 29.3 Å². The lowest BCUT2D eigenvalue weighted by Crippen LogP contribution is -2.58. The van der Waals surface area contributed by atoms with E-state index >= 15 is 0 Å². The molecule has 4 N–H and O–H groups in total. The Morgan fingerprint density at radius 2 is 1.69 bits per heavy atom. The van der Waals surface area contributed by atoms with E-state index in [1.54, 1.807) is 24.4 Å². The highest BCUT2D eigenvalue weighted by Crippen LogP contribution is 2.36. The molecule has 1 atom stereocenters. The van der Waals surface area contributed by atoms with E-state index in [2.05, 4.69) is 21.3 Å². The zero-order valence-electron chi connectivity index (χ0n) is 16.6. The molecule has 1 aliphatic heterocycles. The van der Waals surface area contributed by atoms with E-state index in [1.807, 2.05) is 0 Å². The summed E-state index contributed by atoms with van der Waals surface area (Å²) >= 11 is 5.57. The van der Waals surface area contributed by atoms with Crippen molar-refractivity contribution in [2.24, 2.45) is 0 Å². The number of carbonyl (C=O) groups is 2. The zero-order chi connectivity index (χ0) is 23.4. The van der Waals surface area contributed by atoms with E-state index in [-0.39, 0.29) is 5.69 Å². The Balaban J connectivity index is 1.66. The topological polar surface area (TPSA) is 91.5 Å². The minimum atomic E-state index is -4.65. The molecule has 32 heavy (non-hydrogen) atoms. The maximum atomic E-state index is 13.0. The van der Waals surface area contributed by atoms with Gasteiger partial charge in [-0.3, -0.25) is 4.79 Å². The van der Waals surface area contributed by atoms with Crippen molar-refractivity contribution in [2.45, 2.75) is 11.9 Å². The Hall–Kier alpha value is -3.66. The molecule has 7 nitrogen and oxygen atoms in total. The van der Waals surface area contributed by atoms with Gasteiger partial charge in [-0.25, -0.2) is 4.79 Å². The van der Waals surface area contributed by atoms with Crippen molar-refractivity contribution in [3.63, 3.8) is 0 Å². The molecule has 0 fully saturated rings. The Bertz CT molecular complexity index is 1070. The van der Waals surface area contributed by atoms with Gasteiger partial charge >= 0.3 is 12.2 Å². The van der Waals surface area contributed by atoms with Crippen LogP contribution < -0.4 is 26.0 Å². The standard InChI is InChI=1S/C21H18ClF3N4O3/c1-26-18(30)20(10-2-3-11-27-20)32-15-7-4-13(5-8-15)28-19(31)29-14-6-9-17(22)16(12-14)21(23,24)25/h2-12,27H,1H3,(H,26,30)(H2,28,29,31). The largest absolute Gasteiger partial charge is 0.455 e. The number of halogens is 4. The molecule has 2 aromatic carbocycles. The SMILES string of the molecule is CNC(=O)C1(Oc2ccc(NC(=O)Nc3ccc(Cl)c(C(F)(F)F)c3)cc2)C=CC=CN1. The summed E-state index contributed by atoms with van der Waals surface area (Å²) in [5, 5.41) is 9.72. The van der Waals surface area contributed by atoms with E-state index in [0.29, 0.717) is 11.4 Å². The maximum Gasteiger partial charge on any atom is 0.417 e. The van der Waals surface area contributed by atoms with Crippen LogP contribution in [0.3, 0.4) is 0 Å². The fraction of sp³-hybridized carbons (Fsp3) is 0.143. The first kappa shape index (κ1) is 23.0. The molecule has 1 aliphatic rings. The lowest BCUT2D eigenvalue weighted by Gasteiger charge is -2.31. The van der Waals surface area contributed by atoms with E-state index in [0.717, 1.165) is 12.1 Å². The van der Waals surface area contributed by atoms with Crippen LogP contribution in [0.15, 0.2) is 66.9 Å². The van der Waals surface area contributed by atoms with Gasteiger partial charge in [-0.05, 0) is 54.6 Å². The van der Waals surface area contributed by atoms with Crippen LogP contribution in [0, 0.1) is 0 Å². The highest BCUT2D eigenvalue weighted by molar-refractivity contribution is 6.31. The van der Waals surface area contributed by atoms with Gasteiger partial charge in [0.15, 0.2) is 0 Å². The number of anilines is 2. The lowest BCUT2D eigenvalue weighted by atomic mass is 10.1. The first-order valence-electron chi connectivity index (χ1n) is 9.21. The van der Waals surface area contributed by atoms with Gasteiger partial charge in [0.2, 0.25) is 0 Å². The van der Waals surface area contributed by atoms with Gasteiger partial charge in [-0.15, -0.1) is 0 Å². The number of ether oxygens (including phenoxy) is 1. The number of carbonyl (C=O) groups excluding carboxylic acids is 2. The summed E-state index contributed by atoms with van der Waals surface area (Å²) in [5.74, 6) is -0.0830. The Kier molecular flexibility index (Phi) is 6.64. The van der Waals surface area contributed by atoms with Crippen molar-refractivity contribution in [1.82, 2.24) is 10.6 Å². The summed E-state index contributed by atoms with van der Waals surface area (Å²) in [6.07, 6.45) is 1.83. The van der Waals surface area contributed by atoms with Crippen LogP contribution in [0.2, 0.25) is 5.02 Å². The molecule has 11 heteroatoms. The molecule has 1 unspecified atom stereocenters. The monoisotopic (exact) mass is 466 g/mol.